The monoisotopic (exact) mass is 459 g/mol. The lowest BCUT2D eigenvalue weighted by Crippen LogP contribution is -2.37. The van der Waals surface area contributed by atoms with Crippen molar-refractivity contribution in [3.8, 4) is 17.1 Å². The van der Waals surface area contributed by atoms with Crippen molar-refractivity contribution < 1.29 is 13.9 Å². The molecule has 3 aromatic heterocycles. The predicted octanol–water partition coefficient (Wildman–Crippen LogP) is 4.92. The summed E-state index contributed by atoms with van der Waals surface area (Å²) in [5.74, 6) is 2.42. The number of hydrogen-bond donors (Lipinski definition) is 0. The molecule has 0 atom stereocenters. The van der Waals surface area contributed by atoms with Gasteiger partial charge in [-0.3, -0.25) is 4.79 Å². The van der Waals surface area contributed by atoms with Crippen molar-refractivity contribution in [3.05, 3.63) is 54.6 Å². The van der Waals surface area contributed by atoms with Crippen LogP contribution < -0.4 is 4.90 Å². The van der Waals surface area contributed by atoms with E-state index < -0.39 is 0 Å². The second-order valence-electron chi connectivity index (χ2n) is 8.77. The van der Waals surface area contributed by atoms with E-state index in [4.69, 9.17) is 14.1 Å². The van der Waals surface area contributed by atoms with E-state index in [-0.39, 0.29) is 5.78 Å². The molecule has 0 unspecified atom stereocenters. The molecule has 0 radical (unpaired) electrons. The predicted molar refractivity (Wildman–Crippen MR) is 130 cm³/mol. The number of Topliss-reactive ketones (excluding diaryl/α,β-unsaturated/α-hetero) is 1. The zero-order chi connectivity index (χ0) is 23.5. The number of carbonyl (C=O) groups excluding carboxylic acids is 1. The molecule has 2 aliphatic rings. The smallest absolute Gasteiger partial charge is 0.253 e. The molecule has 1 aliphatic heterocycles. The molecule has 8 heteroatoms. The van der Waals surface area contributed by atoms with Gasteiger partial charge in [-0.05, 0) is 11.5 Å². The highest BCUT2D eigenvalue weighted by Gasteiger charge is 2.23. The lowest BCUT2D eigenvalue weighted by molar-refractivity contribution is 0.0963. The molecule has 0 spiro atoms. The van der Waals surface area contributed by atoms with Gasteiger partial charge in [0.05, 0.1) is 19.4 Å². The quantitative estimate of drug-likeness (QED) is 0.392. The van der Waals surface area contributed by atoms with Crippen molar-refractivity contribution in [2.24, 2.45) is 5.92 Å². The van der Waals surface area contributed by atoms with Gasteiger partial charge in [0.2, 0.25) is 0 Å². The Morgan fingerprint density at radius 1 is 1.09 bits per heavy atom. The van der Waals surface area contributed by atoms with Gasteiger partial charge < -0.3 is 14.1 Å². The standard InChI is InChI=1S/C22H21N5O3.C4H8/c1-2-18(28)19-12-17-20(30-19)21(26-8-10-29-11-9-26)25-22(24-17)27-14-16(13-23-27)15-6-4-3-5-7-15;1-4-2-3-4/h3-7,12-14H,2,8-11H2,1H3;4H,2-3H2,1H3. The van der Waals surface area contributed by atoms with E-state index in [1.54, 1.807) is 16.9 Å². The van der Waals surface area contributed by atoms with Crippen molar-refractivity contribution in [1.82, 2.24) is 19.7 Å². The number of nitrogens with zero attached hydrogens (tertiary/aromatic N) is 5. The van der Waals surface area contributed by atoms with Crippen LogP contribution in [0.15, 0.2) is 53.2 Å². The first-order chi connectivity index (χ1) is 16.6. The van der Waals surface area contributed by atoms with Crippen LogP contribution in [0.3, 0.4) is 0 Å². The van der Waals surface area contributed by atoms with E-state index in [1.165, 1.54) is 12.8 Å². The van der Waals surface area contributed by atoms with Crippen LogP contribution in [0.2, 0.25) is 0 Å². The van der Waals surface area contributed by atoms with Gasteiger partial charge in [-0.25, -0.2) is 9.67 Å². The maximum absolute atomic E-state index is 12.2. The number of ketones is 1. The third-order valence-electron chi connectivity index (χ3n) is 6.01. The summed E-state index contributed by atoms with van der Waals surface area (Å²) < 4.78 is 13.0. The van der Waals surface area contributed by atoms with Crippen molar-refractivity contribution in [2.45, 2.75) is 33.1 Å². The molecule has 176 valence electrons. The second kappa shape index (κ2) is 9.77. The number of carbonyl (C=O) groups is 1. The number of hydrogen-bond acceptors (Lipinski definition) is 7. The van der Waals surface area contributed by atoms with Crippen LogP contribution in [0.5, 0.6) is 0 Å². The Morgan fingerprint density at radius 2 is 1.82 bits per heavy atom. The van der Waals surface area contributed by atoms with E-state index in [9.17, 15) is 4.79 Å². The van der Waals surface area contributed by atoms with Gasteiger partial charge in [0, 0.05) is 37.3 Å². The Kier molecular flexibility index (Phi) is 6.40. The Bertz CT molecular complexity index is 1270. The van der Waals surface area contributed by atoms with Crippen LogP contribution in [-0.4, -0.2) is 51.8 Å². The average molecular weight is 460 g/mol. The van der Waals surface area contributed by atoms with Gasteiger partial charge in [-0.2, -0.15) is 10.1 Å². The van der Waals surface area contributed by atoms with Gasteiger partial charge in [0.1, 0.15) is 5.52 Å². The molecule has 1 aromatic carbocycles. The lowest BCUT2D eigenvalue weighted by Gasteiger charge is -2.27. The number of furan rings is 1. The number of anilines is 1. The van der Waals surface area contributed by atoms with Crippen LogP contribution in [-0.2, 0) is 4.74 Å². The highest BCUT2D eigenvalue weighted by Crippen LogP contribution is 2.30. The molecule has 0 N–H and O–H groups in total. The molecule has 2 fully saturated rings. The van der Waals surface area contributed by atoms with Crippen molar-refractivity contribution >= 4 is 22.7 Å². The summed E-state index contributed by atoms with van der Waals surface area (Å²) in [6.07, 6.45) is 7.03. The van der Waals surface area contributed by atoms with Gasteiger partial charge in [0.15, 0.2) is 22.9 Å². The zero-order valence-electron chi connectivity index (χ0n) is 19.6. The third-order valence-corrected chi connectivity index (χ3v) is 6.01. The van der Waals surface area contributed by atoms with E-state index in [0.29, 0.717) is 61.4 Å². The number of aromatic nitrogens is 4. The highest BCUT2D eigenvalue weighted by atomic mass is 16.5. The molecule has 6 rings (SSSR count). The molecule has 1 saturated carbocycles. The maximum atomic E-state index is 12.2. The molecule has 4 aromatic rings. The summed E-state index contributed by atoms with van der Waals surface area (Å²) in [5, 5.41) is 4.46. The fourth-order valence-corrected chi connectivity index (χ4v) is 3.68. The number of fused-ring (bicyclic) bond motifs is 1. The van der Waals surface area contributed by atoms with Crippen molar-refractivity contribution in [2.75, 3.05) is 31.2 Å². The van der Waals surface area contributed by atoms with Crippen molar-refractivity contribution in [1.29, 1.82) is 0 Å². The number of morpholine rings is 1. The van der Waals surface area contributed by atoms with E-state index >= 15 is 0 Å². The van der Waals surface area contributed by atoms with Crippen LogP contribution in [0.25, 0.3) is 28.2 Å². The summed E-state index contributed by atoms with van der Waals surface area (Å²) in [6, 6.07) is 11.7. The van der Waals surface area contributed by atoms with Crippen LogP contribution >= 0.6 is 0 Å². The number of rotatable bonds is 5. The first-order valence-corrected chi connectivity index (χ1v) is 11.9. The van der Waals surface area contributed by atoms with Gasteiger partial charge in [0.25, 0.3) is 5.95 Å². The first-order valence-electron chi connectivity index (χ1n) is 11.9. The third kappa shape index (κ3) is 4.87. The summed E-state index contributed by atoms with van der Waals surface area (Å²) in [7, 11) is 0. The Labute approximate surface area is 198 Å². The van der Waals surface area contributed by atoms with Crippen LogP contribution in [0, 0.1) is 5.92 Å². The molecule has 1 aliphatic carbocycles. The fourth-order valence-electron chi connectivity index (χ4n) is 3.68. The average Bonchev–Trinajstić information content (AvgIpc) is 3.35. The van der Waals surface area contributed by atoms with Crippen LogP contribution in [0.4, 0.5) is 5.82 Å². The van der Waals surface area contributed by atoms with Gasteiger partial charge in [-0.1, -0.05) is 57.0 Å². The topological polar surface area (TPSA) is 86.3 Å². The van der Waals surface area contributed by atoms with Gasteiger partial charge >= 0.3 is 0 Å². The normalized spacial score (nSPS) is 15.8. The van der Waals surface area contributed by atoms with Crippen LogP contribution in [0.1, 0.15) is 43.7 Å². The maximum Gasteiger partial charge on any atom is 0.253 e. The molecule has 34 heavy (non-hydrogen) atoms. The Balaban J connectivity index is 0.000000547. The minimum atomic E-state index is -0.0621. The van der Waals surface area contributed by atoms with Crippen molar-refractivity contribution in [3.63, 3.8) is 0 Å². The van der Waals surface area contributed by atoms with E-state index in [0.717, 1.165) is 17.0 Å². The Hall–Kier alpha value is -3.52. The summed E-state index contributed by atoms with van der Waals surface area (Å²) in [4.78, 5) is 23.7. The summed E-state index contributed by atoms with van der Waals surface area (Å²) >= 11 is 0. The molecule has 0 amide bonds. The molecule has 0 bridgehead atoms. The van der Waals surface area contributed by atoms with E-state index in [1.807, 2.05) is 43.5 Å². The lowest BCUT2D eigenvalue weighted by atomic mass is 10.1. The SMILES string of the molecule is CC1CC1.CCC(=O)c1cc2nc(-n3cc(-c4ccccc4)cn3)nc(N3CCOCC3)c2o1. The second-order valence-corrected chi connectivity index (χ2v) is 8.77. The zero-order valence-corrected chi connectivity index (χ0v) is 19.6. The molecule has 4 heterocycles. The largest absolute Gasteiger partial charge is 0.447 e. The number of ether oxygens (including phenoxy) is 1. The van der Waals surface area contributed by atoms with E-state index in [2.05, 4.69) is 21.9 Å². The minimum absolute atomic E-state index is 0.0621. The first kappa shape index (κ1) is 22.3. The minimum Gasteiger partial charge on any atom is -0.447 e. The molecular formula is C26H29N5O3. The summed E-state index contributed by atoms with van der Waals surface area (Å²) in [6.45, 7) is 6.70. The highest BCUT2D eigenvalue weighted by molar-refractivity contribution is 5.98. The molecule has 1 saturated heterocycles. The fraction of sp³-hybridized carbons (Fsp3) is 0.385. The number of benzene rings is 1. The summed E-state index contributed by atoms with van der Waals surface area (Å²) in [5.41, 5.74) is 3.15. The molecular weight excluding hydrogens is 430 g/mol. The molecule has 8 nitrogen and oxygen atoms in total. The van der Waals surface area contributed by atoms with Gasteiger partial charge in [-0.15, -0.1) is 0 Å². The Morgan fingerprint density at radius 3 is 2.50 bits per heavy atom.